The predicted molar refractivity (Wildman–Crippen MR) is 106 cm³/mol. The molecular weight excluding hydrogens is 368 g/mol. The highest BCUT2D eigenvalue weighted by molar-refractivity contribution is 5.92. The lowest BCUT2D eigenvalue weighted by Gasteiger charge is -2.23. The molecule has 1 aliphatic rings. The van der Waals surface area contributed by atoms with Gasteiger partial charge in [-0.25, -0.2) is 0 Å². The number of hydrogen-bond donors (Lipinski definition) is 3. The fourth-order valence-corrected chi connectivity index (χ4v) is 3.24. The van der Waals surface area contributed by atoms with Crippen molar-refractivity contribution in [2.75, 3.05) is 26.8 Å². The molecule has 2 unspecified atom stereocenters. The average Bonchev–Trinajstić information content (AvgIpc) is 3.19. The number of ether oxygens (including phenoxy) is 1. The number of benzene rings is 1. The van der Waals surface area contributed by atoms with Crippen LogP contribution in [0.4, 0.5) is 0 Å². The van der Waals surface area contributed by atoms with Gasteiger partial charge in [0.2, 0.25) is 0 Å². The molecule has 2 heterocycles. The topological polar surface area (TPSA) is 88.4 Å². The Kier molecular flexibility index (Phi) is 8.09. The molecule has 1 amide bonds. The number of amides is 1. The standard InChI is InChI=1S/C19H26N4O3.ClH/c1-26-16-6-4-14(5-7-16)17(9-12-24)21-19(25)18-8-11-23(22-18)15-3-2-10-20-13-15;/h4-8,11,15,17,20,24H,2-3,9-10,12-13H2,1H3,(H,21,25);1H. The molecule has 0 aliphatic carbocycles. The number of aliphatic hydroxyl groups is 1. The fraction of sp³-hybridized carbons (Fsp3) is 0.474. The molecule has 1 aromatic carbocycles. The maximum atomic E-state index is 12.6. The van der Waals surface area contributed by atoms with Crippen molar-refractivity contribution in [1.82, 2.24) is 20.4 Å². The van der Waals surface area contributed by atoms with E-state index in [2.05, 4.69) is 15.7 Å². The first-order chi connectivity index (χ1) is 12.7. The first-order valence-corrected chi connectivity index (χ1v) is 9.03. The van der Waals surface area contributed by atoms with Gasteiger partial charge in [0.15, 0.2) is 0 Å². The molecule has 0 saturated carbocycles. The number of rotatable bonds is 7. The third kappa shape index (κ3) is 5.45. The van der Waals surface area contributed by atoms with Crippen molar-refractivity contribution in [2.45, 2.75) is 31.3 Å². The lowest BCUT2D eigenvalue weighted by molar-refractivity contribution is 0.0923. The summed E-state index contributed by atoms with van der Waals surface area (Å²) in [5.74, 6) is 0.518. The van der Waals surface area contributed by atoms with Gasteiger partial charge in [0.1, 0.15) is 11.4 Å². The molecule has 27 heavy (non-hydrogen) atoms. The van der Waals surface area contributed by atoms with Crippen LogP contribution < -0.4 is 15.4 Å². The van der Waals surface area contributed by atoms with E-state index < -0.39 is 0 Å². The maximum Gasteiger partial charge on any atom is 0.272 e. The van der Waals surface area contributed by atoms with Gasteiger partial charge in [0.25, 0.3) is 5.91 Å². The summed E-state index contributed by atoms with van der Waals surface area (Å²) < 4.78 is 7.04. The second-order valence-corrected chi connectivity index (χ2v) is 6.49. The molecule has 7 nitrogen and oxygen atoms in total. The summed E-state index contributed by atoms with van der Waals surface area (Å²) in [5.41, 5.74) is 1.32. The molecule has 0 spiro atoms. The van der Waals surface area contributed by atoms with Gasteiger partial charge in [-0.1, -0.05) is 12.1 Å². The third-order valence-electron chi connectivity index (χ3n) is 4.73. The summed E-state index contributed by atoms with van der Waals surface area (Å²) in [6.45, 7) is 1.90. The van der Waals surface area contributed by atoms with E-state index >= 15 is 0 Å². The molecule has 0 bridgehead atoms. The molecular formula is C19H27ClN4O3. The van der Waals surface area contributed by atoms with Gasteiger partial charge in [-0.15, -0.1) is 12.4 Å². The minimum Gasteiger partial charge on any atom is -0.497 e. The normalized spacial score (nSPS) is 17.6. The van der Waals surface area contributed by atoms with Crippen LogP contribution in [0, 0.1) is 0 Å². The summed E-state index contributed by atoms with van der Waals surface area (Å²) in [6.07, 6.45) is 4.48. The molecule has 1 fully saturated rings. The highest BCUT2D eigenvalue weighted by Gasteiger charge is 2.20. The van der Waals surface area contributed by atoms with Crippen molar-refractivity contribution in [3.63, 3.8) is 0 Å². The van der Waals surface area contributed by atoms with Crippen LogP contribution in [0.15, 0.2) is 36.5 Å². The van der Waals surface area contributed by atoms with Gasteiger partial charge in [0, 0.05) is 19.3 Å². The zero-order chi connectivity index (χ0) is 18.4. The van der Waals surface area contributed by atoms with Crippen LogP contribution in [0.2, 0.25) is 0 Å². The molecule has 2 aromatic rings. The molecule has 2 atom stereocenters. The molecule has 1 saturated heterocycles. The zero-order valence-electron chi connectivity index (χ0n) is 15.4. The van der Waals surface area contributed by atoms with Crippen LogP contribution in [-0.4, -0.2) is 47.6 Å². The fourth-order valence-electron chi connectivity index (χ4n) is 3.24. The minimum atomic E-state index is -0.278. The molecule has 1 aromatic heterocycles. The first-order valence-electron chi connectivity index (χ1n) is 9.03. The lowest BCUT2D eigenvalue weighted by Crippen LogP contribution is -2.32. The highest BCUT2D eigenvalue weighted by Crippen LogP contribution is 2.21. The predicted octanol–water partition coefficient (Wildman–Crippen LogP) is 2.09. The van der Waals surface area contributed by atoms with Gasteiger partial charge in [0.05, 0.1) is 19.2 Å². The van der Waals surface area contributed by atoms with Crippen molar-refractivity contribution in [3.8, 4) is 5.75 Å². The lowest BCUT2D eigenvalue weighted by atomic mass is 10.0. The Labute approximate surface area is 165 Å². The number of aliphatic hydroxyl groups excluding tert-OH is 1. The molecule has 3 rings (SSSR count). The molecule has 148 valence electrons. The Morgan fingerprint density at radius 2 is 2.19 bits per heavy atom. The van der Waals surface area contributed by atoms with Gasteiger partial charge in [-0.3, -0.25) is 9.48 Å². The number of piperidine rings is 1. The molecule has 0 radical (unpaired) electrons. The van der Waals surface area contributed by atoms with Crippen LogP contribution in [0.3, 0.4) is 0 Å². The van der Waals surface area contributed by atoms with Gasteiger partial charge in [-0.2, -0.15) is 5.10 Å². The van der Waals surface area contributed by atoms with Crippen LogP contribution in [-0.2, 0) is 0 Å². The number of aromatic nitrogens is 2. The first kappa shape index (κ1) is 21.2. The smallest absolute Gasteiger partial charge is 0.272 e. The van der Waals surface area contributed by atoms with Crippen LogP contribution in [0.1, 0.15) is 47.4 Å². The van der Waals surface area contributed by atoms with Crippen molar-refractivity contribution in [2.24, 2.45) is 0 Å². The monoisotopic (exact) mass is 394 g/mol. The summed E-state index contributed by atoms with van der Waals surface area (Å²) in [6, 6.07) is 9.23. The summed E-state index contributed by atoms with van der Waals surface area (Å²) in [5, 5.41) is 20.1. The van der Waals surface area contributed by atoms with E-state index in [1.54, 1.807) is 13.2 Å². The van der Waals surface area contributed by atoms with E-state index in [1.807, 2.05) is 35.1 Å². The quantitative estimate of drug-likeness (QED) is 0.669. The highest BCUT2D eigenvalue weighted by atomic mass is 35.5. The number of halogens is 1. The van der Waals surface area contributed by atoms with Crippen molar-refractivity contribution in [1.29, 1.82) is 0 Å². The minimum absolute atomic E-state index is 0. The second-order valence-electron chi connectivity index (χ2n) is 6.49. The Bertz CT molecular complexity index is 714. The number of carbonyl (C=O) groups excluding carboxylic acids is 1. The van der Waals surface area contributed by atoms with E-state index in [-0.39, 0.29) is 31.0 Å². The van der Waals surface area contributed by atoms with Crippen molar-refractivity contribution < 1.29 is 14.6 Å². The molecule has 1 aliphatic heterocycles. The summed E-state index contributed by atoms with van der Waals surface area (Å²) in [4.78, 5) is 12.6. The van der Waals surface area contributed by atoms with E-state index in [9.17, 15) is 9.90 Å². The Morgan fingerprint density at radius 1 is 1.41 bits per heavy atom. The van der Waals surface area contributed by atoms with Crippen molar-refractivity contribution >= 4 is 18.3 Å². The van der Waals surface area contributed by atoms with Crippen LogP contribution in [0.5, 0.6) is 5.75 Å². The second kappa shape index (κ2) is 10.3. The van der Waals surface area contributed by atoms with Gasteiger partial charge >= 0.3 is 0 Å². The largest absolute Gasteiger partial charge is 0.497 e. The number of methoxy groups -OCH3 is 1. The Balaban J connectivity index is 0.00000261. The van der Waals surface area contributed by atoms with E-state index in [4.69, 9.17) is 4.74 Å². The SMILES string of the molecule is COc1ccc(C(CCO)NC(=O)c2ccn(C3CCCNC3)n2)cc1.Cl. The summed E-state index contributed by atoms with van der Waals surface area (Å²) in [7, 11) is 1.61. The Morgan fingerprint density at radius 3 is 2.81 bits per heavy atom. The summed E-state index contributed by atoms with van der Waals surface area (Å²) >= 11 is 0. The van der Waals surface area contributed by atoms with Crippen LogP contribution in [0.25, 0.3) is 0 Å². The average molecular weight is 395 g/mol. The molecule has 8 heteroatoms. The Hall–Kier alpha value is -2.09. The van der Waals surface area contributed by atoms with Crippen LogP contribution >= 0.6 is 12.4 Å². The van der Waals surface area contributed by atoms with Crippen molar-refractivity contribution in [3.05, 3.63) is 47.8 Å². The zero-order valence-corrected chi connectivity index (χ0v) is 16.2. The van der Waals surface area contributed by atoms with Gasteiger partial charge < -0.3 is 20.5 Å². The van der Waals surface area contributed by atoms with Gasteiger partial charge in [-0.05, 0) is 49.6 Å². The third-order valence-corrected chi connectivity index (χ3v) is 4.73. The van der Waals surface area contributed by atoms with E-state index in [0.29, 0.717) is 18.2 Å². The number of hydrogen-bond acceptors (Lipinski definition) is 5. The van der Waals surface area contributed by atoms with E-state index in [0.717, 1.165) is 37.2 Å². The maximum absolute atomic E-state index is 12.6. The number of nitrogens with one attached hydrogen (secondary N) is 2. The number of carbonyl (C=O) groups is 1. The number of nitrogens with zero attached hydrogens (tertiary/aromatic N) is 2. The molecule has 3 N–H and O–H groups in total. The van der Waals surface area contributed by atoms with E-state index in [1.165, 1.54) is 0 Å².